The van der Waals surface area contributed by atoms with Gasteiger partial charge >= 0.3 is 12.6 Å². The molecule has 0 aliphatic carbocycles. The van der Waals surface area contributed by atoms with Crippen LogP contribution in [0.5, 0.6) is 5.75 Å². The second kappa shape index (κ2) is 10.2. The number of morpholine rings is 1. The number of ether oxygens (including phenoxy) is 3. The molecule has 2 heterocycles. The highest BCUT2D eigenvalue weighted by Crippen LogP contribution is 2.28. The number of rotatable bonds is 7. The first kappa shape index (κ1) is 21.7. The molecule has 1 aromatic heterocycles. The normalized spacial score (nSPS) is 13.8. The van der Waals surface area contributed by atoms with Crippen molar-refractivity contribution in [1.29, 1.82) is 0 Å². The molecule has 0 bridgehead atoms. The number of benzene rings is 1. The molecule has 0 radical (unpaired) electrons. The Labute approximate surface area is 175 Å². The summed E-state index contributed by atoms with van der Waals surface area (Å²) in [5.74, 6) is -0.822. The third-order valence-electron chi connectivity index (χ3n) is 4.08. The van der Waals surface area contributed by atoms with Gasteiger partial charge in [-0.2, -0.15) is 8.78 Å². The van der Waals surface area contributed by atoms with Crippen LogP contribution in [0.3, 0.4) is 0 Å². The third-order valence-corrected chi connectivity index (χ3v) is 4.38. The van der Waals surface area contributed by atoms with Gasteiger partial charge in [0.25, 0.3) is 5.91 Å². The van der Waals surface area contributed by atoms with E-state index in [-0.39, 0.29) is 22.0 Å². The number of amides is 1. The van der Waals surface area contributed by atoms with Crippen LogP contribution >= 0.6 is 11.6 Å². The number of anilines is 2. The summed E-state index contributed by atoms with van der Waals surface area (Å²) in [4.78, 5) is 30.4. The molecule has 1 fully saturated rings. The predicted octanol–water partition coefficient (Wildman–Crippen LogP) is 2.97. The first-order valence-corrected chi connectivity index (χ1v) is 9.30. The molecule has 160 valence electrons. The Morgan fingerprint density at radius 2 is 2.00 bits per heavy atom. The van der Waals surface area contributed by atoms with Crippen LogP contribution in [-0.4, -0.2) is 56.4 Å². The molecule has 1 saturated heterocycles. The van der Waals surface area contributed by atoms with Crippen LogP contribution in [0.4, 0.5) is 20.3 Å². The SMILES string of the molecule is O=C(COC(=O)c1ccc(N2CCOCC2)nc1)Nc1ccc(OC(F)F)c(Cl)c1. The van der Waals surface area contributed by atoms with Crippen molar-refractivity contribution in [3.63, 3.8) is 0 Å². The number of halogens is 3. The predicted molar refractivity (Wildman–Crippen MR) is 104 cm³/mol. The van der Waals surface area contributed by atoms with Crippen LogP contribution in [0, 0.1) is 0 Å². The van der Waals surface area contributed by atoms with Crippen molar-refractivity contribution in [1.82, 2.24) is 4.98 Å². The Hall–Kier alpha value is -2.98. The number of carbonyl (C=O) groups excluding carboxylic acids is 2. The van der Waals surface area contributed by atoms with Gasteiger partial charge in [0.1, 0.15) is 11.6 Å². The molecule has 0 atom stereocenters. The molecule has 30 heavy (non-hydrogen) atoms. The first-order chi connectivity index (χ1) is 14.4. The van der Waals surface area contributed by atoms with Gasteiger partial charge in [0.15, 0.2) is 6.61 Å². The number of hydrogen-bond donors (Lipinski definition) is 1. The van der Waals surface area contributed by atoms with Gasteiger partial charge in [-0.15, -0.1) is 0 Å². The minimum atomic E-state index is -3.01. The average Bonchev–Trinajstić information content (AvgIpc) is 2.74. The molecule has 11 heteroatoms. The van der Waals surface area contributed by atoms with E-state index >= 15 is 0 Å². The first-order valence-electron chi connectivity index (χ1n) is 8.92. The lowest BCUT2D eigenvalue weighted by Gasteiger charge is -2.27. The number of pyridine rings is 1. The van der Waals surface area contributed by atoms with E-state index in [1.165, 1.54) is 24.4 Å². The van der Waals surface area contributed by atoms with E-state index in [0.717, 1.165) is 18.9 Å². The van der Waals surface area contributed by atoms with Crippen molar-refractivity contribution < 1.29 is 32.6 Å². The van der Waals surface area contributed by atoms with Gasteiger partial charge in [-0.1, -0.05) is 11.6 Å². The summed E-state index contributed by atoms with van der Waals surface area (Å²) in [6, 6.07) is 7.04. The molecule has 2 aromatic rings. The molecule has 1 amide bonds. The number of hydrogen-bond acceptors (Lipinski definition) is 7. The Kier molecular flexibility index (Phi) is 7.36. The van der Waals surface area contributed by atoms with Gasteiger partial charge in [0.05, 0.1) is 23.8 Å². The lowest BCUT2D eigenvalue weighted by Crippen LogP contribution is -2.36. The number of carbonyl (C=O) groups is 2. The summed E-state index contributed by atoms with van der Waals surface area (Å²) in [5, 5.41) is 2.34. The maximum atomic E-state index is 12.2. The van der Waals surface area contributed by atoms with Crippen LogP contribution in [0.1, 0.15) is 10.4 Å². The average molecular weight is 442 g/mol. The van der Waals surface area contributed by atoms with Crippen molar-refractivity contribution >= 4 is 35.0 Å². The number of nitrogens with one attached hydrogen (secondary N) is 1. The van der Waals surface area contributed by atoms with Crippen LogP contribution < -0.4 is 15.0 Å². The molecule has 0 unspecified atom stereocenters. The zero-order chi connectivity index (χ0) is 21.5. The lowest BCUT2D eigenvalue weighted by molar-refractivity contribution is -0.119. The molecule has 0 spiro atoms. The highest BCUT2D eigenvalue weighted by Gasteiger charge is 2.15. The summed E-state index contributed by atoms with van der Waals surface area (Å²) < 4.78 is 38.9. The van der Waals surface area contributed by atoms with Crippen LogP contribution in [-0.2, 0) is 14.3 Å². The van der Waals surface area contributed by atoms with E-state index in [9.17, 15) is 18.4 Å². The van der Waals surface area contributed by atoms with Gasteiger partial charge in [-0.3, -0.25) is 4.79 Å². The highest BCUT2D eigenvalue weighted by atomic mass is 35.5. The van der Waals surface area contributed by atoms with Gasteiger partial charge in [0.2, 0.25) is 0 Å². The number of aromatic nitrogens is 1. The van der Waals surface area contributed by atoms with Crippen molar-refractivity contribution in [3.8, 4) is 5.75 Å². The van der Waals surface area contributed by atoms with E-state index in [1.807, 2.05) is 4.90 Å². The van der Waals surface area contributed by atoms with E-state index in [4.69, 9.17) is 21.1 Å². The fraction of sp³-hybridized carbons (Fsp3) is 0.316. The molecular weight excluding hydrogens is 424 g/mol. The Balaban J connectivity index is 1.49. The van der Waals surface area contributed by atoms with Crippen LogP contribution in [0.15, 0.2) is 36.5 Å². The van der Waals surface area contributed by atoms with E-state index in [1.54, 1.807) is 12.1 Å². The minimum Gasteiger partial charge on any atom is -0.452 e. The van der Waals surface area contributed by atoms with Gasteiger partial charge in [-0.25, -0.2) is 9.78 Å². The molecule has 0 saturated carbocycles. The largest absolute Gasteiger partial charge is 0.452 e. The van der Waals surface area contributed by atoms with E-state index in [0.29, 0.717) is 13.2 Å². The molecule has 1 aliphatic heterocycles. The molecule has 1 aliphatic rings. The fourth-order valence-corrected chi connectivity index (χ4v) is 2.89. The topological polar surface area (TPSA) is 90.0 Å². The van der Waals surface area contributed by atoms with Crippen LogP contribution in [0.25, 0.3) is 0 Å². The van der Waals surface area contributed by atoms with E-state index < -0.39 is 25.1 Å². The second-order valence-electron chi connectivity index (χ2n) is 6.15. The summed E-state index contributed by atoms with van der Waals surface area (Å²) in [6.07, 6.45) is 1.38. The zero-order valence-electron chi connectivity index (χ0n) is 15.6. The number of esters is 1. The van der Waals surface area contributed by atoms with Crippen molar-refractivity contribution in [2.45, 2.75) is 6.61 Å². The number of alkyl halides is 2. The minimum absolute atomic E-state index is 0.100. The molecule has 3 rings (SSSR count). The monoisotopic (exact) mass is 441 g/mol. The second-order valence-corrected chi connectivity index (χ2v) is 6.56. The molecule has 1 N–H and O–H groups in total. The lowest BCUT2D eigenvalue weighted by atomic mass is 10.2. The fourth-order valence-electron chi connectivity index (χ4n) is 2.67. The number of nitrogens with zero attached hydrogens (tertiary/aromatic N) is 2. The summed E-state index contributed by atoms with van der Waals surface area (Å²) in [7, 11) is 0. The maximum Gasteiger partial charge on any atom is 0.387 e. The Morgan fingerprint density at radius 1 is 1.23 bits per heavy atom. The van der Waals surface area contributed by atoms with E-state index in [2.05, 4.69) is 15.0 Å². The van der Waals surface area contributed by atoms with Gasteiger partial charge in [-0.05, 0) is 30.3 Å². The Morgan fingerprint density at radius 3 is 2.63 bits per heavy atom. The standard InChI is InChI=1S/C19H18ClF2N3O5/c20-14-9-13(2-3-15(14)30-19(21)22)24-17(26)11-29-18(27)12-1-4-16(23-10-12)25-5-7-28-8-6-25/h1-4,9-10,19H,5-8,11H2,(H,24,26). The van der Waals surface area contributed by atoms with Crippen LogP contribution in [0.2, 0.25) is 5.02 Å². The summed E-state index contributed by atoms with van der Waals surface area (Å²) >= 11 is 5.82. The smallest absolute Gasteiger partial charge is 0.387 e. The van der Waals surface area contributed by atoms with Crippen molar-refractivity contribution in [2.24, 2.45) is 0 Å². The molecular formula is C19H18ClF2N3O5. The third kappa shape index (κ3) is 6.01. The van der Waals surface area contributed by atoms with Gasteiger partial charge in [0, 0.05) is 25.0 Å². The summed E-state index contributed by atoms with van der Waals surface area (Å²) in [5.41, 5.74) is 0.440. The highest BCUT2D eigenvalue weighted by molar-refractivity contribution is 6.32. The molecule has 1 aromatic carbocycles. The zero-order valence-corrected chi connectivity index (χ0v) is 16.4. The van der Waals surface area contributed by atoms with Gasteiger partial charge < -0.3 is 24.4 Å². The quantitative estimate of drug-likeness (QED) is 0.660. The van der Waals surface area contributed by atoms with Crippen molar-refractivity contribution in [3.05, 3.63) is 47.1 Å². The molecule has 8 nitrogen and oxygen atoms in total. The summed E-state index contributed by atoms with van der Waals surface area (Å²) in [6.45, 7) is -0.884. The van der Waals surface area contributed by atoms with Crippen molar-refractivity contribution in [2.75, 3.05) is 43.1 Å². The Bertz CT molecular complexity index is 892. The maximum absolute atomic E-state index is 12.2.